The minimum absolute atomic E-state index is 0.196. The lowest BCUT2D eigenvalue weighted by Crippen LogP contribution is -1.95. The number of ketones is 1. The van der Waals surface area contributed by atoms with Gasteiger partial charge in [0.05, 0.1) is 0 Å². The van der Waals surface area contributed by atoms with Gasteiger partial charge in [-0.3, -0.25) is 4.79 Å². The van der Waals surface area contributed by atoms with Crippen LogP contribution in [0.1, 0.15) is 21.5 Å². The van der Waals surface area contributed by atoms with Crippen molar-refractivity contribution in [3.8, 4) is 11.8 Å². The first-order valence-corrected chi connectivity index (χ1v) is 5.64. The Morgan fingerprint density at radius 1 is 1.06 bits per heavy atom. The van der Waals surface area contributed by atoms with Crippen molar-refractivity contribution >= 4 is 11.5 Å². The van der Waals surface area contributed by atoms with Crippen LogP contribution < -0.4 is 5.73 Å². The van der Waals surface area contributed by atoms with Crippen molar-refractivity contribution in [2.24, 2.45) is 0 Å². The van der Waals surface area contributed by atoms with E-state index in [4.69, 9.17) is 5.73 Å². The van der Waals surface area contributed by atoms with E-state index in [1.807, 2.05) is 31.2 Å². The molecule has 0 bridgehead atoms. The molecule has 2 aromatic carbocycles. The molecule has 18 heavy (non-hydrogen) atoms. The van der Waals surface area contributed by atoms with E-state index in [-0.39, 0.29) is 5.78 Å². The molecule has 0 saturated carbocycles. The van der Waals surface area contributed by atoms with Crippen LogP contribution in [0.2, 0.25) is 0 Å². The molecular weight excluding hydrogens is 222 g/mol. The second-order valence-corrected chi connectivity index (χ2v) is 4.03. The standard InChI is InChI=1S/C16H13NO/c1-12-6-8-14(9-7-12)16(18)11-10-13-4-2-3-5-15(13)17/h2-9H,17H2,1H3. The van der Waals surface area contributed by atoms with Crippen molar-refractivity contribution < 1.29 is 4.79 Å². The first-order chi connectivity index (χ1) is 8.66. The summed E-state index contributed by atoms with van der Waals surface area (Å²) in [5.74, 6) is 5.21. The summed E-state index contributed by atoms with van der Waals surface area (Å²) in [6, 6.07) is 14.6. The lowest BCUT2D eigenvalue weighted by molar-refractivity contribution is 0.105. The molecule has 0 aliphatic carbocycles. The Labute approximate surface area is 106 Å². The van der Waals surface area contributed by atoms with Crippen LogP contribution in [-0.2, 0) is 0 Å². The van der Waals surface area contributed by atoms with Crippen molar-refractivity contribution in [1.29, 1.82) is 0 Å². The van der Waals surface area contributed by atoms with E-state index in [0.717, 1.165) is 5.56 Å². The predicted molar refractivity (Wildman–Crippen MR) is 73.2 cm³/mol. The molecule has 0 heterocycles. The van der Waals surface area contributed by atoms with E-state index in [0.29, 0.717) is 16.8 Å². The molecule has 2 aromatic rings. The highest BCUT2D eigenvalue weighted by molar-refractivity contribution is 6.09. The molecular formula is C16H13NO. The molecule has 0 radical (unpaired) electrons. The fourth-order valence-corrected chi connectivity index (χ4v) is 1.51. The Bertz CT molecular complexity index is 630. The minimum Gasteiger partial charge on any atom is -0.398 e. The number of aryl methyl sites for hydroxylation is 1. The zero-order chi connectivity index (χ0) is 13.0. The largest absolute Gasteiger partial charge is 0.398 e. The Balaban J connectivity index is 2.23. The molecule has 0 aliphatic rings. The van der Waals surface area contributed by atoms with Crippen molar-refractivity contribution in [3.05, 3.63) is 65.2 Å². The third kappa shape index (κ3) is 2.78. The SMILES string of the molecule is Cc1ccc(C(=O)C#Cc2ccccc2N)cc1. The van der Waals surface area contributed by atoms with E-state index >= 15 is 0 Å². The normalized spacial score (nSPS) is 9.39. The van der Waals surface area contributed by atoms with Crippen LogP contribution in [0, 0.1) is 18.8 Å². The van der Waals surface area contributed by atoms with Crippen LogP contribution in [0.15, 0.2) is 48.5 Å². The molecule has 2 heteroatoms. The summed E-state index contributed by atoms with van der Waals surface area (Å²) in [5.41, 5.74) is 8.73. The Morgan fingerprint density at radius 3 is 2.39 bits per heavy atom. The monoisotopic (exact) mass is 235 g/mol. The lowest BCUT2D eigenvalue weighted by Gasteiger charge is -1.96. The van der Waals surface area contributed by atoms with Crippen molar-refractivity contribution in [1.82, 2.24) is 0 Å². The maximum atomic E-state index is 11.8. The Kier molecular flexibility index (Phi) is 3.45. The number of carbonyl (C=O) groups excluding carboxylic acids is 1. The summed E-state index contributed by atoms with van der Waals surface area (Å²) in [5, 5.41) is 0. The third-order valence-corrected chi connectivity index (χ3v) is 2.59. The first kappa shape index (κ1) is 11.9. The van der Waals surface area contributed by atoms with Gasteiger partial charge in [-0.25, -0.2) is 0 Å². The highest BCUT2D eigenvalue weighted by Crippen LogP contribution is 2.08. The van der Waals surface area contributed by atoms with E-state index in [1.165, 1.54) is 0 Å². The van der Waals surface area contributed by atoms with Gasteiger partial charge in [0.25, 0.3) is 0 Å². The van der Waals surface area contributed by atoms with E-state index in [9.17, 15) is 4.79 Å². The molecule has 2 nitrogen and oxygen atoms in total. The number of Topliss-reactive ketones (excluding diaryl/α,β-unsaturated/α-hetero) is 1. The molecule has 2 N–H and O–H groups in total. The molecule has 0 saturated heterocycles. The van der Waals surface area contributed by atoms with Crippen LogP contribution in [0.3, 0.4) is 0 Å². The summed E-state index contributed by atoms with van der Waals surface area (Å²) in [6.45, 7) is 1.98. The zero-order valence-electron chi connectivity index (χ0n) is 10.1. The minimum atomic E-state index is -0.196. The first-order valence-electron chi connectivity index (χ1n) is 5.64. The van der Waals surface area contributed by atoms with Crippen molar-refractivity contribution in [2.45, 2.75) is 6.92 Å². The molecule has 0 unspecified atom stereocenters. The van der Waals surface area contributed by atoms with Crippen LogP contribution >= 0.6 is 0 Å². The molecule has 0 atom stereocenters. The van der Waals surface area contributed by atoms with Crippen LogP contribution in [0.4, 0.5) is 5.69 Å². The van der Waals surface area contributed by atoms with E-state index in [1.54, 1.807) is 24.3 Å². The third-order valence-electron chi connectivity index (χ3n) is 2.59. The quantitative estimate of drug-likeness (QED) is 0.469. The molecule has 0 fully saturated rings. The maximum Gasteiger partial charge on any atom is 0.236 e. The highest BCUT2D eigenvalue weighted by atomic mass is 16.1. The zero-order valence-corrected chi connectivity index (χ0v) is 10.1. The van der Waals surface area contributed by atoms with Gasteiger partial charge in [0.15, 0.2) is 0 Å². The highest BCUT2D eigenvalue weighted by Gasteiger charge is 2.01. The Morgan fingerprint density at radius 2 is 1.72 bits per heavy atom. The van der Waals surface area contributed by atoms with Gasteiger partial charge in [0.2, 0.25) is 5.78 Å². The number of para-hydroxylation sites is 1. The van der Waals surface area contributed by atoms with Crippen LogP contribution in [0.5, 0.6) is 0 Å². The number of benzene rings is 2. The summed E-state index contributed by atoms with van der Waals surface area (Å²) in [4.78, 5) is 11.8. The average molecular weight is 235 g/mol. The van der Waals surface area contributed by atoms with Gasteiger partial charge in [-0.1, -0.05) is 47.9 Å². The van der Waals surface area contributed by atoms with Crippen molar-refractivity contribution in [2.75, 3.05) is 5.73 Å². The fourth-order valence-electron chi connectivity index (χ4n) is 1.51. The second kappa shape index (κ2) is 5.20. The Hall–Kier alpha value is -2.53. The number of hydrogen-bond acceptors (Lipinski definition) is 2. The van der Waals surface area contributed by atoms with Gasteiger partial charge in [-0.15, -0.1) is 0 Å². The van der Waals surface area contributed by atoms with Crippen LogP contribution in [-0.4, -0.2) is 5.78 Å². The van der Waals surface area contributed by atoms with Crippen molar-refractivity contribution in [3.63, 3.8) is 0 Å². The van der Waals surface area contributed by atoms with Crippen LogP contribution in [0.25, 0.3) is 0 Å². The molecule has 0 aromatic heterocycles. The summed E-state index contributed by atoms with van der Waals surface area (Å²) < 4.78 is 0. The number of hydrogen-bond donors (Lipinski definition) is 1. The second-order valence-electron chi connectivity index (χ2n) is 4.03. The smallest absolute Gasteiger partial charge is 0.236 e. The molecule has 0 amide bonds. The van der Waals surface area contributed by atoms with Gasteiger partial charge in [0.1, 0.15) is 0 Å². The molecule has 2 rings (SSSR count). The van der Waals surface area contributed by atoms with E-state index in [2.05, 4.69) is 11.8 Å². The molecule has 88 valence electrons. The van der Waals surface area contributed by atoms with Gasteiger partial charge in [0, 0.05) is 16.8 Å². The van der Waals surface area contributed by atoms with E-state index < -0.39 is 0 Å². The number of anilines is 1. The van der Waals surface area contributed by atoms with Gasteiger partial charge < -0.3 is 5.73 Å². The van der Waals surface area contributed by atoms with Gasteiger partial charge >= 0.3 is 0 Å². The van der Waals surface area contributed by atoms with Gasteiger partial charge in [-0.05, 0) is 25.0 Å². The lowest BCUT2D eigenvalue weighted by atomic mass is 10.1. The predicted octanol–water partition coefficient (Wildman–Crippen LogP) is 2.81. The number of rotatable bonds is 1. The molecule has 0 spiro atoms. The maximum absolute atomic E-state index is 11.8. The topological polar surface area (TPSA) is 43.1 Å². The molecule has 0 aliphatic heterocycles. The summed E-state index contributed by atoms with van der Waals surface area (Å²) >= 11 is 0. The number of nitrogen functional groups attached to an aromatic ring is 1. The average Bonchev–Trinajstić information content (AvgIpc) is 2.38. The number of nitrogens with two attached hydrogens (primary N) is 1. The number of carbonyl (C=O) groups is 1. The van der Waals surface area contributed by atoms with Gasteiger partial charge in [-0.2, -0.15) is 0 Å². The summed E-state index contributed by atoms with van der Waals surface area (Å²) in [7, 11) is 0. The summed E-state index contributed by atoms with van der Waals surface area (Å²) in [6.07, 6.45) is 0. The fraction of sp³-hybridized carbons (Fsp3) is 0.0625.